The molecule has 1 atom stereocenters. The standard InChI is InChI=1S/C20H21BrN4/c1-14-4-2-3-5-16(14)18(22)10-13-24-19-7-6-17(21)20(25-19)15-8-11-23-12-9-15/h2-9,11-12,18H,10,13,22H2,1H3,(H,24,25)/t18-/m1/s1. The summed E-state index contributed by atoms with van der Waals surface area (Å²) in [5.41, 5.74) is 10.7. The molecule has 0 unspecified atom stereocenters. The number of nitrogens with one attached hydrogen (secondary N) is 1. The van der Waals surface area contributed by atoms with Crippen molar-refractivity contribution in [3.05, 3.63) is 76.5 Å². The normalized spacial score (nSPS) is 12.0. The Balaban J connectivity index is 1.65. The van der Waals surface area contributed by atoms with E-state index in [2.05, 4.69) is 45.3 Å². The maximum Gasteiger partial charge on any atom is 0.126 e. The van der Waals surface area contributed by atoms with E-state index in [9.17, 15) is 0 Å². The Morgan fingerprint density at radius 1 is 1.08 bits per heavy atom. The molecule has 1 aromatic carbocycles. The van der Waals surface area contributed by atoms with Crippen LogP contribution in [0.4, 0.5) is 5.82 Å². The van der Waals surface area contributed by atoms with Crippen LogP contribution in [-0.4, -0.2) is 16.5 Å². The van der Waals surface area contributed by atoms with E-state index in [4.69, 9.17) is 10.7 Å². The van der Waals surface area contributed by atoms with Gasteiger partial charge in [0.1, 0.15) is 5.82 Å². The van der Waals surface area contributed by atoms with Crippen LogP contribution in [0.5, 0.6) is 0 Å². The molecule has 2 aromatic heterocycles. The minimum absolute atomic E-state index is 0.0174. The van der Waals surface area contributed by atoms with Gasteiger partial charge in [-0.1, -0.05) is 24.3 Å². The first-order valence-electron chi connectivity index (χ1n) is 8.27. The Bertz CT molecular complexity index is 836. The predicted molar refractivity (Wildman–Crippen MR) is 106 cm³/mol. The van der Waals surface area contributed by atoms with Crippen LogP contribution in [0.3, 0.4) is 0 Å². The number of pyridine rings is 2. The van der Waals surface area contributed by atoms with Gasteiger partial charge in [-0.15, -0.1) is 0 Å². The van der Waals surface area contributed by atoms with E-state index in [0.717, 1.165) is 34.5 Å². The molecule has 25 heavy (non-hydrogen) atoms. The van der Waals surface area contributed by atoms with Gasteiger partial charge in [0, 0.05) is 35.0 Å². The number of benzene rings is 1. The average Bonchev–Trinajstić information content (AvgIpc) is 2.64. The van der Waals surface area contributed by atoms with E-state index in [-0.39, 0.29) is 6.04 Å². The number of anilines is 1. The Morgan fingerprint density at radius 3 is 2.60 bits per heavy atom. The quantitative estimate of drug-likeness (QED) is 0.632. The van der Waals surface area contributed by atoms with Crippen LogP contribution >= 0.6 is 15.9 Å². The summed E-state index contributed by atoms with van der Waals surface area (Å²) >= 11 is 3.57. The number of halogens is 1. The number of hydrogen-bond donors (Lipinski definition) is 2. The molecular formula is C20H21BrN4. The molecule has 0 aliphatic heterocycles. The minimum atomic E-state index is 0.0174. The van der Waals surface area contributed by atoms with Crippen molar-refractivity contribution in [2.75, 3.05) is 11.9 Å². The lowest BCUT2D eigenvalue weighted by Gasteiger charge is -2.15. The molecule has 3 N–H and O–H groups in total. The molecule has 0 saturated carbocycles. The highest BCUT2D eigenvalue weighted by Crippen LogP contribution is 2.27. The Labute approximate surface area is 156 Å². The lowest BCUT2D eigenvalue weighted by molar-refractivity contribution is 0.670. The fraction of sp³-hybridized carbons (Fsp3) is 0.200. The van der Waals surface area contributed by atoms with Crippen molar-refractivity contribution in [2.24, 2.45) is 5.73 Å². The number of aryl methyl sites for hydroxylation is 1. The van der Waals surface area contributed by atoms with Crippen LogP contribution < -0.4 is 11.1 Å². The van der Waals surface area contributed by atoms with E-state index in [1.54, 1.807) is 12.4 Å². The molecule has 0 radical (unpaired) electrons. The van der Waals surface area contributed by atoms with Gasteiger partial charge in [-0.05, 0) is 64.7 Å². The molecule has 5 heteroatoms. The summed E-state index contributed by atoms with van der Waals surface area (Å²) in [7, 11) is 0. The zero-order valence-electron chi connectivity index (χ0n) is 14.1. The van der Waals surface area contributed by atoms with E-state index < -0.39 is 0 Å². The summed E-state index contributed by atoms with van der Waals surface area (Å²) in [6.07, 6.45) is 4.38. The smallest absolute Gasteiger partial charge is 0.126 e. The SMILES string of the molecule is Cc1ccccc1[C@H](N)CCNc1ccc(Br)c(-c2ccncc2)n1. The Kier molecular flexibility index (Phi) is 5.79. The second-order valence-electron chi connectivity index (χ2n) is 5.94. The summed E-state index contributed by atoms with van der Waals surface area (Å²) in [6.45, 7) is 2.86. The number of aromatic nitrogens is 2. The summed E-state index contributed by atoms with van der Waals surface area (Å²) in [5.74, 6) is 0.840. The fourth-order valence-corrected chi connectivity index (χ4v) is 3.22. The van der Waals surface area contributed by atoms with Gasteiger partial charge in [-0.2, -0.15) is 0 Å². The molecule has 0 aliphatic carbocycles. The van der Waals surface area contributed by atoms with Crippen molar-refractivity contribution in [3.63, 3.8) is 0 Å². The molecule has 0 bridgehead atoms. The first-order chi connectivity index (χ1) is 12.1. The highest BCUT2D eigenvalue weighted by atomic mass is 79.9. The first kappa shape index (κ1) is 17.6. The molecule has 0 spiro atoms. The van der Waals surface area contributed by atoms with Crippen LogP contribution in [0.2, 0.25) is 0 Å². The van der Waals surface area contributed by atoms with E-state index in [1.165, 1.54) is 11.1 Å². The zero-order valence-corrected chi connectivity index (χ0v) is 15.7. The van der Waals surface area contributed by atoms with E-state index in [0.29, 0.717) is 0 Å². The van der Waals surface area contributed by atoms with Crippen LogP contribution in [0.1, 0.15) is 23.6 Å². The van der Waals surface area contributed by atoms with Gasteiger partial charge in [0.05, 0.1) is 5.69 Å². The van der Waals surface area contributed by atoms with Gasteiger partial charge < -0.3 is 11.1 Å². The maximum absolute atomic E-state index is 6.33. The lowest BCUT2D eigenvalue weighted by atomic mass is 10.00. The maximum atomic E-state index is 6.33. The zero-order chi connectivity index (χ0) is 17.6. The highest BCUT2D eigenvalue weighted by Gasteiger charge is 2.09. The summed E-state index contributed by atoms with van der Waals surface area (Å²) in [6, 6.07) is 16.2. The first-order valence-corrected chi connectivity index (χ1v) is 9.06. The molecule has 0 aliphatic rings. The van der Waals surface area contributed by atoms with Crippen molar-refractivity contribution in [3.8, 4) is 11.3 Å². The van der Waals surface area contributed by atoms with E-state index in [1.807, 2.05) is 36.4 Å². The van der Waals surface area contributed by atoms with Crippen LogP contribution in [0.25, 0.3) is 11.3 Å². The van der Waals surface area contributed by atoms with Gasteiger partial charge in [-0.3, -0.25) is 4.98 Å². The van der Waals surface area contributed by atoms with Gasteiger partial charge in [0.15, 0.2) is 0 Å². The fourth-order valence-electron chi connectivity index (χ4n) is 2.77. The Morgan fingerprint density at radius 2 is 1.84 bits per heavy atom. The minimum Gasteiger partial charge on any atom is -0.370 e. The largest absolute Gasteiger partial charge is 0.370 e. The molecule has 128 valence electrons. The molecular weight excluding hydrogens is 376 g/mol. The van der Waals surface area contributed by atoms with Crippen molar-refractivity contribution >= 4 is 21.7 Å². The highest BCUT2D eigenvalue weighted by molar-refractivity contribution is 9.10. The van der Waals surface area contributed by atoms with Crippen molar-refractivity contribution in [1.82, 2.24) is 9.97 Å². The third-order valence-corrected chi connectivity index (χ3v) is 4.79. The van der Waals surface area contributed by atoms with Crippen molar-refractivity contribution in [2.45, 2.75) is 19.4 Å². The number of hydrogen-bond acceptors (Lipinski definition) is 4. The monoisotopic (exact) mass is 396 g/mol. The van der Waals surface area contributed by atoms with Gasteiger partial charge in [-0.25, -0.2) is 4.98 Å². The van der Waals surface area contributed by atoms with Gasteiger partial charge in [0.2, 0.25) is 0 Å². The third kappa shape index (κ3) is 4.44. The van der Waals surface area contributed by atoms with Crippen molar-refractivity contribution < 1.29 is 0 Å². The molecule has 2 heterocycles. The van der Waals surface area contributed by atoms with Gasteiger partial charge in [0.25, 0.3) is 0 Å². The topological polar surface area (TPSA) is 63.8 Å². The van der Waals surface area contributed by atoms with Crippen molar-refractivity contribution in [1.29, 1.82) is 0 Å². The second-order valence-corrected chi connectivity index (χ2v) is 6.80. The summed E-state index contributed by atoms with van der Waals surface area (Å²) < 4.78 is 0.959. The van der Waals surface area contributed by atoms with Gasteiger partial charge >= 0.3 is 0 Å². The summed E-state index contributed by atoms with van der Waals surface area (Å²) in [4.78, 5) is 8.76. The number of nitrogens with zero attached hydrogens (tertiary/aromatic N) is 2. The molecule has 4 nitrogen and oxygen atoms in total. The molecule has 3 rings (SSSR count). The van der Waals surface area contributed by atoms with Crippen LogP contribution in [-0.2, 0) is 0 Å². The number of rotatable bonds is 6. The third-order valence-electron chi connectivity index (χ3n) is 4.15. The second kappa shape index (κ2) is 8.23. The molecule has 0 amide bonds. The van der Waals surface area contributed by atoms with Crippen LogP contribution in [0.15, 0.2) is 65.4 Å². The Hall–Kier alpha value is -2.24. The van der Waals surface area contributed by atoms with E-state index >= 15 is 0 Å². The lowest BCUT2D eigenvalue weighted by Crippen LogP contribution is -2.16. The average molecular weight is 397 g/mol. The number of nitrogens with two attached hydrogens (primary N) is 1. The molecule has 0 fully saturated rings. The summed E-state index contributed by atoms with van der Waals surface area (Å²) in [5, 5.41) is 3.37. The predicted octanol–water partition coefficient (Wildman–Crippen LogP) is 4.72. The molecule has 3 aromatic rings. The molecule has 0 saturated heterocycles. The van der Waals surface area contributed by atoms with Crippen LogP contribution in [0, 0.1) is 6.92 Å².